The molecule has 0 aliphatic rings. The van der Waals surface area contributed by atoms with Crippen molar-refractivity contribution in [3.05, 3.63) is 35.9 Å². The third kappa shape index (κ3) is 5.53. The van der Waals surface area contributed by atoms with Gasteiger partial charge >= 0.3 is 0 Å². The molecule has 0 bridgehead atoms. The smallest absolute Gasteiger partial charge is 0.156 e. The van der Waals surface area contributed by atoms with E-state index in [-0.39, 0.29) is 17.3 Å². The Bertz CT molecular complexity index is 497. The maximum absolute atomic E-state index is 12.1. The molecule has 0 fully saturated rings. The van der Waals surface area contributed by atoms with Crippen molar-refractivity contribution in [3.8, 4) is 0 Å². The molecule has 0 radical (unpaired) electrons. The van der Waals surface area contributed by atoms with Crippen LogP contribution in [0.5, 0.6) is 0 Å². The van der Waals surface area contributed by atoms with Gasteiger partial charge < -0.3 is 5.32 Å². The summed E-state index contributed by atoms with van der Waals surface area (Å²) in [5, 5.41) is 2.95. The molecule has 1 rings (SSSR count). The van der Waals surface area contributed by atoms with E-state index >= 15 is 0 Å². The second kappa shape index (κ2) is 7.40. The van der Waals surface area contributed by atoms with E-state index in [9.17, 15) is 13.2 Å². The summed E-state index contributed by atoms with van der Waals surface area (Å²) in [4.78, 5) is 11.7. The fraction of sp³-hybridized carbons (Fsp3) is 0.500. The minimum atomic E-state index is -3.29. The average Bonchev–Trinajstić information content (AvgIpc) is 2.37. The lowest BCUT2D eigenvalue weighted by Crippen LogP contribution is -2.42. The minimum Gasteiger partial charge on any atom is -0.307 e. The molecule has 1 aromatic rings. The van der Waals surface area contributed by atoms with Crippen molar-refractivity contribution in [1.29, 1.82) is 0 Å². The first-order valence-electron chi connectivity index (χ1n) is 6.49. The van der Waals surface area contributed by atoms with Gasteiger partial charge in [0, 0.05) is 6.42 Å². The van der Waals surface area contributed by atoms with Gasteiger partial charge in [0.2, 0.25) is 0 Å². The van der Waals surface area contributed by atoms with Crippen LogP contribution >= 0.6 is 0 Å². The number of ketones is 1. The zero-order valence-electron chi connectivity index (χ0n) is 11.4. The second-order valence-electron chi connectivity index (χ2n) is 4.47. The van der Waals surface area contributed by atoms with Gasteiger partial charge in [0.15, 0.2) is 15.6 Å². The Morgan fingerprint density at radius 2 is 1.84 bits per heavy atom. The van der Waals surface area contributed by atoms with Crippen molar-refractivity contribution in [3.63, 3.8) is 0 Å². The second-order valence-corrected chi connectivity index (χ2v) is 6.58. The van der Waals surface area contributed by atoms with Gasteiger partial charge in [-0.1, -0.05) is 44.2 Å². The third-order valence-corrected chi connectivity index (χ3v) is 4.45. The van der Waals surface area contributed by atoms with Gasteiger partial charge in [-0.3, -0.25) is 4.79 Å². The number of hydrogen-bond acceptors (Lipinski definition) is 4. The van der Waals surface area contributed by atoms with E-state index < -0.39 is 15.9 Å². The highest BCUT2D eigenvalue weighted by molar-refractivity contribution is 7.90. The number of nitrogens with one attached hydrogen (secondary N) is 1. The molecule has 4 nitrogen and oxygen atoms in total. The summed E-state index contributed by atoms with van der Waals surface area (Å²) in [7, 11) is -3.29. The van der Waals surface area contributed by atoms with Crippen LogP contribution in [0.3, 0.4) is 0 Å². The van der Waals surface area contributed by atoms with Crippen LogP contribution in [0.15, 0.2) is 30.3 Å². The number of likely N-dealkylation sites (N-methyl/N-ethyl adjacent to an activating group) is 1. The Balaban J connectivity index is 2.74. The first-order valence-corrected chi connectivity index (χ1v) is 8.31. The van der Waals surface area contributed by atoms with Crippen LogP contribution < -0.4 is 5.32 Å². The van der Waals surface area contributed by atoms with Gasteiger partial charge in [-0.25, -0.2) is 8.42 Å². The molecule has 1 aromatic carbocycles. The van der Waals surface area contributed by atoms with Crippen molar-refractivity contribution in [2.24, 2.45) is 0 Å². The molecule has 0 aliphatic carbocycles. The number of hydrogen-bond donors (Lipinski definition) is 1. The van der Waals surface area contributed by atoms with Crippen molar-refractivity contribution in [2.75, 3.05) is 12.3 Å². The van der Waals surface area contributed by atoms with Crippen LogP contribution in [0, 0.1) is 0 Å². The molecular weight excluding hydrogens is 262 g/mol. The molecular formula is C14H21NO3S. The van der Waals surface area contributed by atoms with E-state index in [4.69, 9.17) is 0 Å². The summed E-state index contributed by atoms with van der Waals surface area (Å²) in [5.41, 5.74) is 0.752. The number of benzene rings is 1. The molecule has 5 heteroatoms. The lowest BCUT2D eigenvalue weighted by atomic mass is 10.2. The first kappa shape index (κ1) is 15.9. The van der Waals surface area contributed by atoms with Crippen LogP contribution in [-0.4, -0.2) is 32.5 Å². The molecule has 106 valence electrons. The highest BCUT2D eigenvalue weighted by Gasteiger charge is 2.23. The molecule has 1 atom stereocenters. The number of carbonyl (C=O) groups is 1. The molecule has 1 N–H and O–H groups in total. The number of carbonyl (C=O) groups excluding carboxylic acids is 1. The van der Waals surface area contributed by atoms with Crippen LogP contribution in [0.4, 0.5) is 0 Å². The van der Waals surface area contributed by atoms with Crippen molar-refractivity contribution in [2.45, 2.75) is 32.1 Å². The molecule has 0 heterocycles. The van der Waals surface area contributed by atoms with Crippen molar-refractivity contribution in [1.82, 2.24) is 5.32 Å². The molecule has 0 aromatic heterocycles. The van der Waals surface area contributed by atoms with Gasteiger partial charge in [0.25, 0.3) is 0 Å². The number of Topliss-reactive ketones (excluding diaryl/α,β-unsaturated/α-hetero) is 1. The lowest BCUT2D eigenvalue weighted by Gasteiger charge is -2.16. The van der Waals surface area contributed by atoms with E-state index in [0.29, 0.717) is 13.0 Å². The average molecular weight is 283 g/mol. The number of sulfone groups is 1. The van der Waals surface area contributed by atoms with Crippen LogP contribution in [0.2, 0.25) is 0 Å². The van der Waals surface area contributed by atoms with Gasteiger partial charge in [-0.2, -0.15) is 0 Å². The predicted octanol–water partition coefficient (Wildman–Crippen LogP) is 1.56. The van der Waals surface area contributed by atoms with Crippen LogP contribution in [0.25, 0.3) is 0 Å². The van der Waals surface area contributed by atoms with Crippen LogP contribution in [0.1, 0.15) is 25.8 Å². The monoisotopic (exact) mass is 283 g/mol. The largest absolute Gasteiger partial charge is 0.307 e. The van der Waals surface area contributed by atoms with Crippen molar-refractivity contribution < 1.29 is 13.2 Å². The normalized spacial score (nSPS) is 13.2. The van der Waals surface area contributed by atoms with E-state index in [1.54, 1.807) is 19.1 Å². The summed E-state index contributed by atoms with van der Waals surface area (Å²) in [6, 6.07) is 8.43. The quantitative estimate of drug-likeness (QED) is 0.786. The third-order valence-electron chi connectivity index (χ3n) is 2.84. The maximum atomic E-state index is 12.1. The molecule has 0 saturated heterocycles. The minimum absolute atomic E-state index is 0.0211. The van der Waals surface area contributed by atoms with Gasteiger partial charge in [0.1, 0.15) is 0 Å². The molecule has 0 amide bonds. The van der Waals surface area contributed by atoms with E-state index in [1.807, 2.05) is 25.1 Å². The van der Waals surface area contributed by atoms with Gasteiger partial charge in [-0.15, -0.1) is 0 Å². The standard InChI is InChI=1S/C14H21NO3S/c1-3-14(16)13(15-4-2)11-19(17,18)10-12-8-6-5-7-9-12/h5-9,13,15H,3-4,10-11H2,1-2H3. The SMILES string of the molecule is CCNC(CS(=O)(=O)Cc1ccccc1)C(=O)CC. The zero-order valence-corrected chi connectivity index (χ0v) is 12.2. The summed E-state index contributed by atoms with van der Waals surface area (Å²) in [5.74, 6) is -0.215. The van der Waals surface area contributed by atoms with E-state index in [2.05, 4.69) is 5.32 Å². The van der Waals surface area contributed by atoms with E-state index in [0.717, 1.165) is 5.56 Å². The van der Waals surface area contributed by atoms with Crippen LogP contribution in [-0.2, 0) is 20.4 Å². The maximum Gasteiger partial charge on any atom is 0.156 e. The summed E-state index contributed by atoms with van der Waals surface area (Å²) < 4.78 is 24.2. The number of rotatable bonds is 8. The van der Waals surface area contributed by atoms with Crippen molar-refractivity contribution >= 4 is 15.6 Å². The lowest BCUT2D eigenvalue weighted by molar-refractivity contribution is -0.120. The molecule has 0 saturated carbocycles. The topological polar surface area (TPSA) is 63.2 Å². The molecule has 0 spiro atoms. The summed E-state index contributed by atoms with van der Waals surface area (Å²) in [6.07, 6.45) is 0.346. The Labute approximate surface area is 115 Å². The Kier molecular flexibility index (Phi) is 6.18. The fourth-order valence-electron chi connectivity index (χ4n) is 1.90. The molecule has 0 aliphatic heterocycles. The zero-order chi connectivity index (χ0) is 14.3. The molecule has 1 unspecified atom stereocenters. The summed E-state index contributed by atoms with van der Waals surface area (Å²) >= 11 is 0. The fourth-order valence-corrected chi connectivity index (χ4v) is 3.53. The predicted molar refractivity (Wildman–Crippen MR) is 76.7 cm³/mol. The highest BCUT2D eigenvalue weighted by Crippen LogP contribution is 2.08. The van der Waals surface area contributed by atoms with Gasteiger partial charge in [-0.05, 0) is 12.1 Å². The van der Waals surface area contributed by atoms with Gasteiger partial charge in [0.05, 0.1) is 17.5 Å². The first-order chi connectivity index (χ1) is 8.98. The summed E-state index contributed by atoms with van der Waals surface area (Å²) in [6.45, 7) is 4.19. The Morgan fingerprint density at radius 3 is 2.37 bits per heavy atom. The molecule has 19 heavy (non-hydrogen) atoms. The van der Waals surface area contributed by atoms with E-state index in [1.165, 1.54) is 0 Å². The highest BCUT2D eigenvalue weighted by atomic mass is 32.2. The Morgan fingerprint density at radius 1 is 1.21 bits per heavy atom. The Hall–Kier alpha value is -1.20.